The lowest BCUT2D eigenvalue weighted by Crippen LogP contribution is -2.38. The zero-order valence-corrected chi connectivity index (χ0v) is 20.5. The van der Waals surface area contributed by atoms with Gasteiger partial charge in [0, 0.05) is 18.1 Å². The van der Waals surface area contributed by atoms with E-state index in [0.717, 1.165) is 54.0 Å². The van der Waals surface area contributed by atoms with Crippen LogP contribution < -0.4 is 9.54 Å². The molecule has 5 nitrogen and oxygen atoms in total. The summed E-state index contributed by atoms with van der Waals surface area (Å²) in [7, 11) is 1.64. The second-order valence-electron chi connectivity index (χ2n) is 7.67. The predicted molar refractivity (Wildman–Crippen MR) is 132 cm³/mol. The van der Waals surface area contributed by atoms with Crippen LogP contribution in [0.4, 0.5) is 0 Å². The summed E-state index contributed by atoms with van der Waals surface area (Å²) < 4.78 is 8.44. The van der Waals surface area contributed by atoms with Crippen molar-refractivity contribution in [1.29, 1.82) is 5.41 Å². The van der Waals surface area contributed by atoms with Crippen molar-refractivity contribution in [1.82, 2.24) is 9.47 Å². The number of likely N-dealkylation sites (tertiary alicyclic amines) is 1. The Labute approximate surface area is 203 Å². The zero-order chi connectivity index (χ0) is 20.4. The molecule has 2 aromatic carbocycles. The fourth-order valence-electron chi connectivity index (χ4n) is 4.05. The summed E-state index contributed by atoms with van der Waals surface area (Å²) in [6.07, 6.45) is 1.63. The number of piperidine rings is 1. The van der Waals surface area contributed by atoms with Crippen molar-refractivity contribution in [2.24, 2.45) is 5.92 Å². The lowest BCUT2D eigenvalue weighted by atomic mass is 9.96. The van der Waals surface area contributed by atoms with Gasteiger partial charge in [0.15, 0.2) is 4.80 Å². The zero-order valence-electron chi connectivity index (χ0n) is 17.3. The quantitative estimate of drug-likeness (QED) is 0.489. The predicted octanol–water partition coefficient (Wildman–Crippen LogP) is 5.13. The minimum atomic E-state index is -0.513. The van der Waals surface area contributed by atoms with Crippen LogP contribution in [0.2, 0.25) is 5.02 Å². The molecule has 3 aromatic rings. The number of methoxy groups -OCH3 is 1. The van der Waals surface area contributed by atoms with Gasteiger partial charge in [-0.1, -0.05) is 35.1 Å². The molecule has 1 atom stereocenters. The van der Waals surface area contributed by atoms with Crippen molar-refractivity contribution in [2.45, 2.75) is 25.5 Å². The summed E-state index contributed by atoms with van der Waals surface area (Å²) in [5, 5.41) is 19.7. The third kappa shape index (κ3) is 6.15. The first-order chi connectivity index (χ1) is 14.0. The molecule has 9 heteroatoms. The number of benzene rings is 2. The maximum atomic E-state index is 10.6. The van der Waals surface area contributed by atoms with Gasteiger partial charge in [-0.15, -0.1) is 24.8 Å². The number of β-amino-alcohol motifs (C(OH)–C–C–N with tert-alkyl or cyclic N) is 1. The molecule has 0 amide bonds. The van der Waals surface area contributed by atoms with Gasteiger partial charge in [-0.3, -0.25) is 5.41 Å². The van der Waals surface area contributed by atoms with Gasteiger partial charge >= 0.3 is 0 Å². The molecule has 0 spiro atoms. The SMILES string of the molecule is COc1cccc([C@@H](O)CN2CCC(Cn3c(=N)sc4cc(Cl)ccc43)CC2)c1.Cl.Cl. The van der Waals surface area contributed by atoms with Crippen LogP contribution in [-0.4, -0.2) is 41.3 Å². The van der Waals surface area contributed by atoms with Gasteiger partial charge in [-0.05, 0) is 67.7 Å². The fraction of sp³-hybridized carbons (Fsp3) is 0.409. The van der Waals surface area contributed by atoms with Gasteiger partial charge in [0.1, 0.15) is 5.75 Å². The summed E-state index contributed by atoms with van der Waals surface area (Å²) in [4.78, 5) is 2.91. The topological polar surface area (TPSA) is 61.5 Å². The Morgan fingerprint density at radius 2 is 1.94 bits per heavy atom. The Morgan fingerprint density at radius 1 is 1.19 bits per heavy atom. The number of halogens is 3. The third-order valence-corrected chi connectivity index (χ3v) is 6.92. The van der Waals surface area contributed by atoms with E-state index in [2.05, 4.69) is 9.47 Å². The number of rotatable bonds is 6. The summed E-state index contributed by atoms with van der Waals surface area (Å²) >= 11 is 7.58. The maximum Gasteiger partial charge on any atom is 0.182 e. The smallest absolute Gasteiger partial charge is 0.182 e. The Kier molecular flexibility index (Phi) is 9.67. The van der Waals surface area contributed by atoms with Crippen LogP contribution in [0.1, 0.15) is 24.5 Å². The lowest BCUT2D eigenvalue weighted by molar-refractivity contribution is 0.0866. The highest BCUT2D eigenvalue weighted by Crippen LogP contribution is 2.26. The molecule has 0 radical (unpaired) electrons. The first-order valence-electron chi connectivity index (χ1n) is 9.91. The van der Waals surface area contributed by atoms with Gasteiger partial charge < -0.3 is 19.3 Å². The van der Waals surface area contributed by atoms with E-state index < -0.39 is 6.10 Å². The Hall–Kier alpha value is -1.28. The average molecular weight is 505 g/mol. The molecule has 0 bridgehead atoms. The largest absolute Gasteiger partial charge is 0.497 e. The number of fused-ring (bicyclic) bond motifs is 1. The normalized spacial score (nSPS) is 15.8. The number of nitrogens with one attached hydrogen (secondary N) is 1. The van der Waals surface area contributed by atoms with E-state index in [-0.39, 0.29) is 24.8 Å². The van der Waals surface area contributed by atoms with E-state index in [9.17, 15) is 5.11 Å². The number of aliphatic hydroxyl groups is 1. The molecule has 0 aliphatic carbocycles. The number of ether oxygens (including phenoxy) is 1. The molecule has 0 saturated carbocycles. The third-order valence-electron chi connectivity index (χ3n) is 5.72. The van der Waals surface area contributed by atoms with Crippen molar-refractivity contribution in [3.8, 4) is 5.75 Å². The first kappa shape index (κ1) is 26.0. The monoisotopic (exact) mass is 503 g/mol. The van der Waals surface area contributed by atoms with Crippen LogP contribution in [-0.2, 0) is 6.54 Å². The number of nitrogens with zero attached hydrogens (tertiary/aromatic N) is 2. The van der Waals surface area contributed by atoms with Crippen LogP contribution >= 0.6 is 47.8 Å². The molecule has 1 aliphatic heterocycles. The average Bonchev–Trinajstić information content (AvgIpc) is 3.03. The summed E-state index contributed by atoms with van der Waals surface area (Å²) in [6.45, 7) is 3.43. The first-order valence-corrected chi connectivity index (χ1v) is 11.1. The van der Waals surface area contributed by atoms with Gasteiger partial charge in [-0.25, -0.2) is 0 Å². The minimum absolute atomic E-state index is 0. The molecular weight excluding hydrogens is 477 g/mol. The van der Waals surface area contributed by atoms with Gasteiger partial charge in [0.25, 0.3) is 0 Å². The second-order valence-corrected chi connectivity index (χ2v) is 9.13. The molecule has 4 rings (SSSR count). The highest BCUT2D eigenvalue weighted by molar-refractivity contribution is 7.16. The Morgan fingerprint density at radius 3 is 2.65 bits per heavy atom. The minimum Gasteiger partial charge on any atom is -0.497 e. The van der Waals surface area contributed by atoms with Crippen molar-refractivity contribution in [3.63, 3.8) is 0 Å². The van der Waals surface area contributed by atoms with E-state index in [1.165, 1.54) is 11.3 Å². The number of hydrogen-bond acceptors (Lipinski definition) is 5. The molecule has 170 valence electrons. The summed E-state index contributed by atoms with van der Waals surface area (Å²) in [6, 6.07) is 13.5. The van der Waals surface area contributed by atoms with E-state index in [1.807, 2.05) is 42.5 Å². The van der Waals surface area contributed by atoms with Crippen LogP contribution in [0, 0.1) is 11.3 Å². The molecule has 1 fully saturated rings. The van der Waals surface area contributed by atoms with Crippen LogP contribution in [0.3, 0.4) is 0 Å². The van der Waals surface area contributed by atoms with Crippen molar-refractivity contribution < 1.29 is 9.84 Å². The lowest BCUT2D eigenvalue weighted by Gasteiger charge is -2.33. The Bertz CT molecular complexity index is 1050. The molecule has 31 heavy (non-hydrogen) atoms. The molecule has 2 N–H and O–H groups in total. The van der Waals surface area contributed by atoms with Crippen molar-refractivity contribution >= 4 is 58.0 Å². The second kappa shape index (κ2) is 11.5. The molecular formula is C22H28Cl3N3O2S. The fourth-order valence-corrected chi connectivity index (χ4v) is 5.25. The number of aromatic nitrogens is 1. The Balaban J connectivity index is 0.00000171. The highest BCUT2D eigenvalue weighted by atomic mass is 35.5. The van der Waals surface area contributed by atoms with Crippen molar-refractivity contribution in [2.75, 3.05) is 26.7 Å². The van der Waals surface area contributed by atoms with E-state index in [0.29, 0.717) is 22.3 Å². The molecule has 1 aromatic heterocycles. The van der Waals surface area contributed by atoms with Gasteiger partial charge in [-0.2, -0.15) is 0 Å². The van der Waals surface area contributed by atoms with Crippen LogP contribution in [0.5, 0.6) is 5.75 Å². The summed E-state index contributed by atoms with van der Waals surface area (Å²) in [5.41, 5.74) is 1.99. The molecule has 1 aliphatic rings. The highest BCUT2D eigenvalue weighted by Gasteiger charge is 2.23. The van der Waals surface area contributed by atoms with Gasteiger partial charge in [0.2, 0.25) is 0 Å². The van der Waals surface area contributed by atoms with Crippen molar-refractivity contribution in [3.05, 3.63) is 57.9 Å². The molecule has 2 heterocycles. The standard InChI is InChI=1S/C22H26ClN3O2S.2ClH/c1-28-18-4-2-3-16(11-18)20(27)14-25-9-7-15(8-10-25)13-26-19-6-5-17(23)12-21(19)29-22(26)24;;/h2-6,11-12,15,20,24,27H,7-10,13-14H2,1H3;2*1H/t20-;;/m0../s1. The van der Waals surface area contributed by atoms with Crippen LogP contribution in [0.25, 0.3) is 10.2 Å². The molecule has 0 unspecified atom stereocenters. The molecule has 1 saturated heterocycles. The van der Waals surface area contributed by atoms with E-state index in [1.54, 1.807) is 7.11 Å². The summed E-state index contributed by atoms with van der Waals surface area (Å²) in [5.74, 6) is 1.32. The van der Waals surface area contributed by atoms with Crippen LogP contribution in [0.15, 0.2) is 42.5 Å². The maximum absolute atomic E-state index is 10.6. The van der Waals surface area contributed by atoms with Gasteiger partial charge in [0.05, 0.1) is 23.4 Å². The number of thiazole rings is 1. The van der Waals surface area contributed by atoms with E-state index in [4.69, 9.17) is 21.7 Å². The van der Waals surface area contributed by atoms with E-state index >= 15 is 0 Å². The number of hydrogen-bond donors (Lipinski definition) is 2. The number of aliphatic hydroxyl groups excluding tert-OH is 1.